The lowest BCUT2D eigenvalue weighted by Gasteiger charge is -2.37. The van der Waals surface area contributed by atoms with E-state index in [0.29, 0.717) is 42.5 Å². The summed E-state index contributed by atoms with van der Waals surface area (Å²) in [5.41, 5.74) is 0.430. The second-order valence-corrected chi connectivity index (χ2v) is 7.47. The van der Waals surface area contributed by atoms with Gasteiger partial charge in [0.25, 0.3) is 5.91 Å². The van der Waals surface area contributed by atoms with E-state index in [2.05, 4.69) is 16.0 Å². The summed E-state index contributed by atoms with van der Waals surface area (Å²) in [6.45, 7) is 6.47. The third kappa shape index (κ3) is 4.55. The van der Waals surface area contributed by atoms with Gasteiger partial charge in [-0.15, -0.1) is 0 Å². The van der Waals surface area contributed by atoms with Crippen molar-refractivity contribution in [1.82, 2.24) is 9.88 Å². The molecule has 28 heavy (non-hydrogen) atoms. The van der Waals surface area contributed by atoms with Crippen molar-refractivity contribution in [3.63, 3.8) is 0 Å². The van der Waals surface area contributed by atoms with Gasteiger partial charge in [0.1, 0.15) is 17.6 Å². The van der Waals surface area contributed by atoms with Crippen molar-refractivity contribution in [3.8, 4) is 11.8 Å². The number of rotatable bonds is 5. The van der Waals surface area contributed by atoms with Crippen LogP contribution in [0.25, 0.3) is 0 Å². The van der Waals surface area contributed by atoms with Gasteiger partial charge in [0.15, 0.2) is 6.10 Å². The summed E-state index contributed by atoms with van der Waals surface area (Å²) in [5.74, 6) is 1.24. The van der Waals surface area contributed by atoms with Gasteiger partial charge < -0.3 is 14.5 Å². The first kappa shape index (κ1) is 20.0. The van der Waals surface area contributed by atoms with Gasteiger partial charge in [0, 0.05) is 32.4 Å². The number of hydrogen-bond donors (Lipinski definition) is 0. The number of carbonyl (C=O) groups is 1. The fraction of sp³-hybridized carbons (Fsp3) is 0.381. The van der Waals surface area contributed by atoms with Crippen LogP contribution >= 0.6 is 11.6 Å². The van der Waals surface area contributed by atoms with Crippen LogP contribution in [0.15, 0.2) is 42.6 Å². The summed E-state index contributed by atoms with van der Waals surface area (Å²) < 4.78 is 5.98. The smallest absolute Gasteiger partial charge is 0.264 e. The standard InChI is InChI=1S/C21H23ClN4O2/c1-15(2)20(28-18-6-4-3-5-16(18)13-23)21(27)26-11-9-25(10-12-26)19-8-7-17(22)14-24-19/h3-8,14-15,20H,9-12H2,1-2H3. The quantitative estimate of drug-likeness (QED) is 0.772. The fourth-order valence-corrected chi connectivity index (χ4v) is 3.27. The Balaban J connectivity index is 1.66. The molecule has 2 aromatic rings. The highest BCUT2D eigenvalue weighted by molar-refractivity contribution is 6.30. The highest BCUT2D eigenvalue weighted by atomic mass is 35.5. The van der Waals surface area contributed by atoms with Gasteiger partial charge in [-0.2, -0.15) is 5.26 Å². The topological polar surface area (TPSA) is 69.5 Å². The maximum absolute atomic E-state index is 13.1. The molecule has 146 valence electrons. The summed E-state index contributed by atoms with van der Waals surface area (Å²) in [4.78, 5) is 21.4. The number of halogens is 1. The third-order valence-corrected chi connectivity index (χ3v) is 4.96. The van der Waals surface area contributed by atoms with Crippen molar-refractivity contribution in [2.24, 2.45) is 5.92 Å². The highest BCUT2D eigenvalue weighted by Crippen LogP contribution is 2.23. The van der Waals surface area contributed by atoms with Crippen LogP contribution in [-0.4, -0.2) is 48.1 Å². The molecule has 0 bridgehead atoms. The number of para-hydroxylation sites is 1. The molecule has 0 spiro atoms. The zero-order valence-electron chi connectivity index (χ0n) is 16.0. The zero-order chi connectivity index (χ0) is 20.1. The van der Waals surface area contributed by atoms with Gasteiger partial charge in [0.05, 0.1) is 10.6 Å². The lowest BCUT2D eigenvalue weighted by molar-refractivity contribution is -0.141. The molecule has 6 nitrogen and oxygen atoms in total. The Bertz CT molecular complexity index is 855. The van der Waals surface area contributed by atoms with E-state index in [1.165, 1.54) is 0 Å². The third-order valence-electron chi connectivity index (χ3n) is 4.74. The number of carbonyl (C=O) groups excluding carboxylic acids is 1. The molecule has 0 N–H and O–H groups in total. The van der Waals surface area contributed by atoms with Gasteiger partial charge in [-0.25, -0.2) is 4.98 Å². The minimum absolute atomic E-state index is 0.0183. The normalized spacial score (nSPS) is 15.2. The van der Waals surface area contributed by atoms with E-state index in [4.69, 9.17) is 16.3 Å². The molecular weight excluding hydrogens is 376 g/mol. The van der Waals surface area contributed by atoms with E-state index < -0.39 is 6.10 Å². The lowest BCUT2D eigenvalue weighted by Crippen LogP contribution is -2.53. The van der Waals surface area contributed by atoms with Gasteiger partial charge in [-0.05, 0) is 30.2 Å². The molecule has 1 aromatic heterocycles. The molecule has 0 saturated carbocycles. The van der Waals surface area contributed by atoms with Gasteiger partial charge in [0.2, 0.25) is 0 Å². The number of benzene rings is 1. The predicted molar refractivity (Wildman–Crippen MR) is 108 cm³/mol. The Kier molecular flexibility index (Phi) is 6.37. The number of nitrogens with zero attached hydrogens (tertiary/aromatic N) is 4. The van der Waals surface area contributed by atoms with Crippen molar-refractivity contribution in [2.45, 2.75) is 20.0 Å². The molecule has 1 aromatic carbocycles. The molecule has 1 aliphatic heterocycles. The number of pyridine rings is 1. The molecule has 3 rings (SSSR count). The molecule has 1 unspecified atom stereocenters. The lowest BCUT2D eigenvalue weighted by atomic mass is 10.0. The Morgan fingerprint density at radius 3 is 2.50 bits per heavy atom. The summed E-state index contributed by atoms with van der Waals surface area (Å²) in [6.07, 6.45) is 0.999. The predicted octanol–water partition coefficient (Wildman–Crippen LogP) is 3.36. The number of aromatic nitrogens is 1. The van der Waals surface area contributed by atoms with Crippen molar-refractivity contribution in [3.05, 3.63) is 53.2 Å². The largest absolute Gasteiger partial charge is 0.479 e. The zero-order valence-corrected chi connectivity index (χ0v) is 16.8. The van der Waals surface area contributed by atoms with E-state index in [0.717, 1.165) is 5.82 Å². The van der Waals surface area contributed by atoms with Crippen LogP contribution in [0, 0.1) is 17.2 Å². The minimum Gasteiger partial charge on any atom is -0.479 e. The van der Waals surface area contributed by atoms with Crippen molar-refractivity contribution in [1.29, 1.82) is 5.26 Å². The molecule has 1 atom stereocenters. The van der Waals surface area contributed by atoms with E-state index in [1.54, 1.807) is 30.5 Å². The molecule has 0 radical (unpaired) electrons. The summed E-state index contributed by atoms with van der Waals surface area (Å²) in [7, 11) is 0. The van der Waals surface area contributed by atoms with E-state index in [1.807, 2.05) is 30.9 Å². The average Bonchev–Trinajstić information content (AvgIpc) is 2.72. The maximum Gasteiger partial charge on any atom is 0.264 e. The van der Waals surface area contributed by atoms with E-state index >= 15 is 0 Å². The number of nitriles is 1. The molecule has 1 amide bonds. The molecule has 7 heteroatoms. The summed E-state index contributed by atoms with van der Waals surface area (Å²) >= 11 is 5.90. The minimum atomic E-state index is -0.630. The van der Waals surface area contributed by atoms with Gasteiger partial charge in [-0.1, -0.05) is 37.6 Å². The number of ether oxygens (including phenoxy) is 1. The van der Waals surface area contributed by atoms with Gasteiger partial charge >= 0.3 is 0 Å². The van der Waals surface area contributed by atoms with Crippen LogP contribution in [0.5, 0.6) is 5.75 Å². The fourth-order valence-electron chi connectivity index (χ4n) is 3.16. The van der Waals surface area contributed by atoms with Crippen molar-refractivity contribution >= 4 is 23.3 Å². The van der Waals surface area contributed by atoms with Crippen molar-refractivity contribution in [2.75, 3.05) is 31.1 Å². The van der Waals surface area contributed by atoms with Crippen LogP contribution in [0.3, 0.4) is 0 Å². The molecule has 0 aliphatic carbocycles. The molecule has 1 aliphatic rings. The van der Waals surface area contributed by atoms with Crippen LogP contribution in [-0.2, 0) is 4.79 Å². The number of hydrogen-bond acceptors (Lipinski definition) is 5. The highest BCUT2D eigenvalue weighted by Gasteiger charge is 2.31. The summed E-state index contributed by atoms with van der Waals surface area (Å²) in [5, 5.41) is 9.87. The maximum atomic E-state index is 13.1. The molecule has 1 fully saturated rings. The first-order valence-corrected chi connectivity index (χ1v) is 9.68. The summed E-state index contributed by atoms with van der Waals surface area (Å²) in [6, 6.07) is 12.8. The average molecular weight is 399 g/mol. The Labute approximate surface area is 170 Å². The van der Waals surface area contributed by atoms with Crippen molar-refractivity contribution < 1.29 is 9.53 Å². The van der Waals surface area contributed by atoms with Gasteiger partial charge in [-0.3, -0.25) is 4.79 Å². The first-order chi connectivity index (χ1) is 13.5. The SMILES string of the molecule is CC(C)C(Oc1ccccc1C#N)C(=O)N1CCN(c2ccc(Cl)cn2)CC1. The van der Waals surface area contributed by atoms with Crippen LogP contribution in [0.4, 0.5) is 5.82 Å². The van der Waals surface area contributed by atoms with E-state index in [-0.39, 0.29) is 11.8 Å². The second kappa shape index (κ2) is 8.94. The second-order valence-electron chi connectivity index (χ2n) is 7.04. The monoisotopic (exact) mass is 398 g/mol. The molecule has 1 saturated heterocycles. The first-order valence-electron chi connectivity index (χ1n) is 9.30. The number of piperazine rings is 1. The number of amides is 1. The molecular formula is C21H23ClN4O2. The van der Waals surface area contributed by atoms with Crippen LogP contribution in [0.1, 0.15) is 19.4 Å². The van der Waals surface area contributed by atoms with E-state index in [9.17, 15) is 10.1 Å². The van der Waals surface area contributed by atoms with Crippen LogP contribution in [0.2, 0.25) is 5.02 Å². The number of anilines is 1. The van der Waals surface area contributed by atoms with Crippen LogP contribution < -0.4 is 9.64 Å². The Hall–Kier alpha value is -2.78. The Morgan fingerprint density at radius 1 is 1.18 bits per heavy atom. The Morgan fingerprint density at radius 2 is 1.89 bits per heavy atom. The molecule has 2 heterocycles.